The molecule has 0 amide bonds. The van der Waals surface area contributed by atoms with Crippen LogP contribution in [0.1, 0.15) is 49.9 Å². The average Bonchev–Trinajstić information content (AvgIpc) is 3.08. The summed E-state index contributed by atoms with van der Waals surface area (Å²) in [4.78, 5) is 5.20. The standard InChI is InChI=1S/C42H32B2N2/c1-41(2)25-13-5-7-21-33(25)45-35-23-11-18-30-37(35)43(31-19-9-15-27(41)39(31)45)29-17-12-24-36-38(29)44(30)32-20-10-16-28-40(32)46(36)34-22-8-6-14-26(34)42(28,3)4/h5-24H,1-4H3. The summed E-state index contributed by atoms with van der Waals surface area (Å²) >= 11 is 0. The number of hydrogen-bond acceptors (Lipinski definition) is 2. The first-order valence-electron chi connectivity index (χ1n) is 16.7. The fourth-order valence-corrected chi connectivity index (χ4v) is 10.1. The molecule has 0 aliphatic carbocycles. The number of rotatable bonds is 0. The molecule has 11 rings (SSSR count). The van der Waals surface area contributed by atoms with Gasteiger partial charge in [-0.05, 0) is 68.4 Å². The van der Waals surface area contributed by atoms with Gasteiger partial charge in [0.1, 0.15) is 0 Å². The summed E-state index contributed by atoms with van der Waals surface area (Å²) in [5, 5.41) is 0. The van der Waals surface area contributed by atoms with Crippen molar-refractivity contribution >= 4 is 80.3 Å². The molecule has 0 N–H and O–H groups in total. The maximum atomic E-state index is 2.60. The zero-order chi connectivity index (χ0) is 30.7. The highest BCUT2D eigenvalue weighted by atomic mass is 15.2. The second-order valence-electron chi connectivity index (χ2n) is 14.9. The van der Waals surface area contributed by atoms with Gasteiger partial charge in [-0.25, -0.2) is 0 Å². The molecule has 0 spiro atoms. The lowest BCUT2D eigenvalue weighted by molar-refractivity contribution is 0.632. The molecule has 4 heteroatoms. The topological polar surface area (TPSA) is 6.48 Å². The van der Waals surface area contributed by atoms with Crippen molar-refractivity contribution in [2.45, 2.75) is 38.5 Å². The van der Waals surface area contributed by atoms with Crippen LogP contribution in [0.25, 0.3) is 0 Å². The van der Waals surface area contributed by atoms with E-state index in [4.69, 9.17) is 0 Å². The molecular weight excluding hydrogens is 554 g/mol. The molecule has 216 valence electrons. The molecule has 6 aromatic rings. The van der Waals surface area contributed by atoms with E-state index in [1.54, 1.807) is 0 Å². The summed E-state index contributed by atoms with van der Waals surface area (Å²) in [7, 11) is 0. The third kappa shape index (κ3) is 2.69. The van der Waals surface area contributed by atoms with Gasteiger partial charge in [0, 0.05) is 33.6 Å². The van der Waals surface area contributed by atoms with Crippen molar-refractivity contribution in [2.75, 3.05) is 9.80 Å². The molecule has 0 saturated heterocycles. The van der Waals surface area contributed by atoms with Crippen molar-refractivity contribution in [1.29, 1.82) is 0 Å². The van der Waals surface area contributed by atoms with Crippen LogP contribution in [0.15, 0.2) is 121 Å². The smallest absolute Gasteiger partial charge is 0.245 e. The van der Waals surface area contributed by atoms with Crippen LogP contribution in [0.4, 0.5) is 34.1 Å². The van der Waals surface area contributed by atoms with E-state index in [2.05, 4.69) is 159 Å². The minimum absolute atomic E-state index is 0.0967. The minimum atomic E-state index is -0.0967. The summed E-state index contributed by atoms with van der Waals surface area (Å²) in [5.74, 6) is 0. The number of benzene rings is 6. The van der Waals surface area contributed by atoms with E-state index >= 15 is 0 Å². The van der Waals surface area contributed by atoms with Crippen molar-refractivity contribution in [2.24, 2.45) is 0 Å². The number of nitrogens with zero attached hydrogens (tertiary/aromatic N) is 2. The van der Waals surface area contributed by atoms with Gasteiger partial charge in [0.05, 0.1) is 11.4 Å². The molecule has 0 bridgehead atoms. The molecule has 6 aromatic carbocycles. The monoisotopic (exact) mass is 586 g/mol. The second-order valence-corrected chi connectivity index (χ2v) is 14.9. The highest BCUT2D eigenvalue weighted by molar-refractivity contribution is 7.13. The zero-order valence-corrected chi connectivity index (χ0v) is 26.6. The summed E-state index contributed by atoms with van der Waals surface area (Å²) in [5.41, 5.74) is 22.1. The van der Waals surface area contributed by atoms with Gasteiger partial charge in [-0.1, -0.05) is 136 Å². The Morgan fingerprint density at radius 3 is 1.17 bits per heavy atom. The van der Waals surface area contributed by atoms with E-state index in [-0.39, 0.29) is 24.3 Å². The van der Waals surface area contributed by atoms with Crippen molar-refractivity contribution in [3.8, 4) is 0 Å². The lowest BCUT2D eigenvalue weighted by atomic mass is 9.19. The average molecular weight is 586 g/mol. The van der Waals surface area contributed by atoms with E-state index in [1.165, 1.54) is 89.2 Å². The Morgan fingerprint density at radius 1 is 0.370 bits per heavy atom. The SMILES string of the molecule is CC1(C)c2ccccc2N2c3cccc4c3B(c3cccc5c3B4c3cccc4c3N5c3ccccc3C4(C)C)c3cccc1c32. The maximum absolute atomic E-state index is 2.60. The van der Waals surface area contributed by atoms with Crippen LogP contribution in [0.3, 0.4) is 0 Å². The van der Waals surface area contributed by atoms with Gasteiger partial charge >= 0.3 is 0 Å². The van der Waals surface area contributed by atoms with Crippen LogP contribution < -0.4 is 42.6 Å². The normalized spacial score (nSPS) is 17.3. The molecule has 5 aliphatic rings. The van der Waals surface area contributed by atoms with E-state index in [1.807, 2.05) is 0 Å². The Bertz CT molecular complexity index is 2200. The predicted octanol–water partition coefficient (Wildman–Crippen LogP) is 5.88. The summed E-state index contributed by atoms with van der Waals surface area (Å²) < 4.78 is 0. The van der Waals surface area contributed by atoms with Gasteiger partial charge < -0.3 is 9.80 Å². The van der Waals surface area contributed by atoms with Gasteiger partial charge in [0.2, 0.25) is 13.4 Å². The van der Waals surface area contributed by atoms with Crippen LogP contribution in [0.5, 0.6) is 0 Å². The molecule has 0 unspecified atom stereocenters. The Morgan fingerprint density at radius 2 is 0.717 bits per heavy atom. The lowest BCUT2D eigenvalue weighted by Gasteiger charge is -2.51. The number of para-hydroxylation sites is 4. The Kier molecular flexibility index (Phi) is 4.43. The molecule has 0 radical (unpaired) electrons. The van der Waals surface area contributed by atoms with E-state index in [9.17, 15) is 0 Å². The summed E-state index contributed by atoms with van der Waals surface area (Å²) in [6.07, 6.45) is 0. The van der Waals surface area contributed by atoms with Gasteiger partial charge in [0.25, 0.3) is 0 Å². The van der Waals surface area contributed by atoms with Crippen molar-refractivity contribution in [3.05, 3.63) is 144 Å². The minimum Gasteiger partial charge on any atom is -0.311 e. The molecule has 2 nitrogen and oxygen atoms in total. The van der Waals surface area contributed by atoms with E-state index in [0.717, 1.165) is 0 Å². The Hall–Kier alpha value is -4.95. The molecule has 0 saturated carbocycles. The van der Waals surface area contributed by atoms with Crippen LogP contribution in [-0.4, -0.2) is 13.4 Å². The fourth-order valence-electron chi connectivity index (χ4n) is 10.1. The van der Waals surface area contributed by atoms with Gasteiger partial charge in [-0.3, -0.25) is 0 Å². The Labute approximate surface area is 271 Å². The first-order chi connectivity index (χ1) is 22.4. The van der Waals surface area contributed by atoms with Crippen molar-refractivity contribution in [3.63, 3.8) is 0 Å². The molecular formula is C42H32B2N2. The van der Waals surface area contributed by atoms with Crippen LogP contribution in [0, 0.1) is 0 Å². The summed E-state index contributed by atoms with van der Waals surface area (Å²) in [6, 6.07) is 46.6. The number of anilines is 6. The van der Waals surface area contributed by atoms with Gasteiger partial charge in [0.15, 0.2) is 0 Å². The zero-order valence-electron chi connectivity index (χ0n) is 26.6. The van der Waals surface area contributed by atoms with Gasteiger partial charge in [-0.15, -0.1) is 0 Å². The van der Waals surface area contributed by atoms with Crippen LogP contribution in [0.2, 0.25) is 0 Å². The fraction of sp³-hybridized carbons (Fsp3) is 0.143. The number of hydrogen-bond donors (Lipinski definition) is 0. The van der Waals surface area contributed by atoms with Crippen molar-refractivity contribution in [1.82, 2.24) is 0 Å². The third-order valence-corrected chi connectivity index (χ3v) is 12.1. The molecule has 0 atom stereocenters. The van der Waals surface area contributed by atoms with E-state index in [0.29, 0.717) is 0 Å². The number of fused-ring (bicyclic) bond motifs is 10. The summed E-state index contributed by atoms with van der Waals surface area (Å²) in [6.45, 7) is 9.94. The first-order valence-corrected chi connectivity index (χ1v) is 16.7. The highest BCUT2D eigenvalue weighted by Gasteiger charge is 2.52. The molecule has 5 heterocycles. The largest absolute Gasteiger partial charge is 0.311 e. The Balaban J connectivity index is 1.28. The first kappa shape index (κ1) is 25.3. The lowest BCUT2D eigenvalue weighted by Crippen LogP contribution is -2.78. The molecule has 5 aliphatic heterocycles. The van der Waals surface area contributed by atoms with Gasteiger partial charge in [-0.2, -0.15) is 0 Å². The van der Waals surface area contributed by atoms with E-state index < -0.39 is 0 Å². The molecule has 0 fully saturated rings. The predicted molar refractivity (Wildman–Crippen MR) is 196 cm³/mol. The maximum Gasteiger partial charge on any atom is 0.245 e. The molecule has 0 aromatic heterocycles. The van der Waals surface area contributed by atoms with Crippen LogP contribution >= 0.6 is 0 Å². The third-order valence-electron chi connectivity index (χ3n) is 12.1. The highest BCUT2D eigenvalue weighted by Crippen LogP contribution is 2.54. The molecule has 46 heavy (non-hydrogen) atoms. The van der Waals surface area contributed by atoms with Crippen LogP contribution in [-0.2, 0) is 10.8 Å². The van der Waals surface area contributed by atoms with Crippen molar-refractivity contribution < 1.29 is 0 Å². The second kappa shape index (κ2) is 8.06. The quantitative estimate of drug-likeness (QED) is 0.205.